The highest BCUT2D eigenvalue weighted by molar-refractivity contribution is 6.09. The molecule has 0 atom stereocenters. The predicted octanol–water partition coefficient (Wildman–Crippen LogP) is 6.85. The van der Waals surface area contributed by atoms with Crippen molar-refractivity contribution in [3.05, 3.63) is 169 Å². The van der Waals surface area contributed by atoms with Gasteiger partial charge in [-0.3, -0.25) is 14.9 Å². The van der Waals surface area contributed by atoms with Gasteiger partial charge in [0.15, 0.2) is 5.78 Å². The van der Waals surface area contributed by atoms with Crippen molar-refractivity contribution in [2.24, 2.45) is 0 Å². The molecule has 0 saturated carbocycles. The van der Waals surface area contributed by atoms with E-state index >= 15 is 0 Å². The number of para-hydroxylation sites is 2. The maximum absolute atomic E-state index is 12.4. The van der Waals surface area contributed by atoms with Crippen LogP contribution in [-0.2, 0) is 0 Å². The number of aromatic nitrogens is 2. The lowest BCUT2D eigenvalue weighted by Crippen LogP contribution is -2.03. The number of hydrogen-bond acceptors (Lipinski definition) is 9. The molecule has 2 aromatic heterocycles. The van der Waals surface area contributed by atoms with Crippen LogP contribution >= 0.6 is 0 Å². The van der Waals surface area contributed by atoms with Gasteiger partial charge in [-0.05, 0) is 42.5 Å². The predicted molar refractivity (Wildman–Crippen MR) is 168 cm³/mol. The fourth-order valence-electron chi connectivity index (χ4n) is 4.56. The first kappa shape index (κ1) is 28.6. The molecular formula is C35H21N3O7. The molecule has 2 heterocycles. The summed E-state index contributed by atoms with van der Waals surface area (Å²) >= 11 is 0. The molecule has 218 valence electrons. The zero-order valence-electron chi connectivity index (χ0n) is 23.3. The molecule has 0 radical (unpaired) electrons. The molecule has 0 aliphatic heterocycles. The Bertz CT molecular complexity index is 2310. The highest BCUT2D eigenvalue weighted by Gasteiger charge is 2.13. The summed E-state index contributed by atoms with van der Waals surface area (Å²) in [6, 6.07) is 35.6. The van der Waals surface area contributed by atoms with E-state index in [0.717, 1.165) is 0 Å². The molecule has 7 rings (SSSR count). The van der Waals surface area contributed by atoms with Crippen molar-refractivity contribution in [2.75, 3.05) is 0 Å². The molecule has 0 amide bonds. The van der Waals surface area contributed by atoms with Gasteiger partial charge in [0, 0.05) is 34.4 Å². The number of non-ortho nitro benzene ring substituents is 1. The second-order valence-electron chi connectivity index (χ2n) is 9.73. The topological polar surface area (TPSA) is 146 Å². The zero-order valence-corrected chi connectivity index (χ0v) is 23.3. The van der Waals surface area contributed by atoms with Gasteiger partial charge >= 0.3 is 11.3 Å². The second-order valence-corrected chi connectivity index (χ2v) is 9.73. The number of nitro benzene ring substituents is 1. The van der Waals surface area contributed by atoms with E-state index in [1.807, 2.05) is 24.3 Å². The van der Waals surface area contributed by atoms with Crippen molar-refractivity contribution in [1.29, 1.82) is 0 Å². The SMILES string of the molecule is O=C(c1ccccc1)c1ccc(-c2nc3ccccc3c(=O)o2)cc1.O=c1oc(-c2cccc([N+](=O)[O-])c2)nc2ccccc12. The van der Waals surface area contributed by atoms with E-state index in [1.165, 1.54) is 18.2 Å². The van der Waals surface area contributed by atoms with Crippen molar-refractivity contribution >= 4 is 33.3 Å². The highest BCUT2D eigenvalue weighted by Crippen LogP contribution is 2.23. The van der Waals surface area contributed by atoms with Crippen LogP contribution in [-0.4, -0.2) is 20.7 Å². The van der Waals surface area contributed by atoms with Crippen LogP contribution < -0.4 is 11.3 Å². The Morgan fingerprint density at radius 3 is 1.67 bits per heavy atom. The van der Waals surface area contributed by atoms with Gasteiger partial charge < -0.3 is 8.83 Å². The molecule has 0 bridgehead atoms. The molecule has 0 aliphatic rings. The van der Waals surface area contributed by atoms with Crippen LogP contribution in [0.2, 0.25) is 0 Å². The molecule has 0 spiro atoms. The van der Waals surface area contributed by atoms with Gasteiger partial charge in [-0.2, -0.15) is 0 Å². The Morgan fingerprint density at radius 1 is 0.578 bits per heavy atom. The van der Waals surface area contributed by atoms with E-state index in [-0.39, 0.29) is 23.3 Å². The monoisotopic (exact) mass is 595 g/mol. The third-order valence-corrected chi connectivity index (χ3v) is 6.80. The summed E-state index contributed by atoms with van der Waals surface area (Å²) in [6.45, 7) is 0. The molecule has 10 nitrogen and oxygen atoms in total. The number of nitro groups is 1. The minimum atomic E-state index is -0.517. The Balaban J connectivity index is 0.000000163. The molecule has 0 aliphatic carbocycles. The van der Waals surface area contributed by atoms with Gasteiger partial charge in [0.25, 0.3) is 5.69 Å². The van der Waals surface area contributed by atoms with Crippen LogP contribution in [0.5, 0.6) is 0 Å². The first-order chi connectivity index (χ1) is 21.9. The Labute approximate surface area is 254 Å². The fourth-order valence-corrected chi connectivity index (χ4v) is 4.56. The third kappa shape index (κ3) is 6.15. The van der Waals surface area contributed by atoms with Crippen LogP contribution in [0.3, 0.4) is 0 Å². The second kappa shape index (κ2) is 12.4. The summed E-state index contributed by atoms with van der Waals surface area (Å²) in [5.74, 6) is 0.250. The molecule has 7 aromatic rings. The van der Waals surface area contributed by atoms with Gasteiger partial charge in [0.1, 0.15) is 0 Å². The molecule has 10 heteroatoms. The molecule has 45 heavy (non-hydrogen) atoms. The molecule has 0 saturated heterocycles. The van der Waals surface area contributed by atoms with E-state index in [1.54, 1.807) is 84.9 Å². The van der Waals surface area contributed by atoms with E-state index in [2.05, 4.69) is 9.97 Å². The van der Waals surface area contributed by atoms with E-state index in [0.29, 0.717) is 44.1 Å². The van der Waals surface area contributed by atoms with Crippen molar-refractivity contribution < 1.29 is 18.6 Å². The Kier molecular flexibility index (Phi) is 7.84. The largest absolute Gasteiger partial charge is 0.403 e. The van der Waals surface area contributed by atoms with Gasteiger partial charge in [-0.1, -0.05) is 72.8 Å². The van der Waals surface area contributed by atoms with Gasteiger partial charge in [-0.25, -0.2) is 19.6 Å². The molecule has 0 unspecified atom stereocenters. The van der Waals surface area contributed by atoms with Crippen molar-refractivity contribution in [1.82, 2.24) is 9.97 Å². The maximum Gasteiger partial charge on any atom is 0.347 e. The molecule has 5 aromatic carbocycles. The first-order valence-electron chi connectivity index (χ1n) is 13.6. The summed E-state index contributed by atoms with van der Waals surface area (Å²) in [5.41, 5.74) is 2.28. The van der Waals surface area contributed by atoms with Crippen LogP contribution in [0.25, 0.3) is 44.7 Å². The Hall–Kier alpha value is -6.55. The number of carbonyl (C=O) groups is 1. The summed E-state index contributed by atoms with van der Waals surface area (Å²) in [5, 5.41) is 11.6. The summed E-state index contributed by atoms with van der Waals surface area (Å²) in [4.78, 5) is 55.2. The van der Waals surface area contributed by atoms with Crippen LogP contribution in [0.1, 0.15) is 15.9 Å². The first-order valence-corrected chi connectivity index (χ1v) is 13.6. The van der Waals surface area contributed by atoms with Crippen LogP contribution in [0.4, 0.5) is 5.69 Å². The van der Waals surface area contributed by atoms with E-state index in [9.17, 15) is 24.5 Å². The highest BCUT2D eigenvalue weighted by atomic mass is 16.6. The van der Waals surface area contributed by atoms with Crippen molar-refractivity contribution in [2.45, 2.75) is 0 Å². The zero-order chi connectivity index (χ0) is 31.3. The lowest BCUT2D eigenvalue weighted by molar-refractivity contribution is -0.384. The smallest absolute Gasteiger partial charge is 0.347 e. The summed E-state index contributed by atoms with van der Waals surface area (Å²) in [7, 11) is 0. The summed E-state index contributed by atoms with van der Waals surface area (Å²) in [6.07, 6.45) is 0. The van der Waals surface area contributed by atoms with Gasteiger partial charge in [-0.15, -0.1) is 0 Å². The Morgan fingerprint density at radius 2 is 1.09 bits per heavy atom. The number of benzene rings is 5. The number of nitrogens with zero attached hydrogens (tertiary/aromatic N) is 3. The van der Waals surface area contributed by atoms with Crippen LogP contribution in [0, 0.1) is 10.1 Å². The quantitative estimate of drug-likeness (QED) is 0.118. The number of carbonyl (C=O) groups excluding carboxylic acids is 1. The van der Waals surface area contributed by atoms with Crippen LogP contribution in [0.15, 0.2) is 146 Å². The number of ketones is 1. The number of fused-ring (bicyclic) bond motifs is 2. The van der Waals surface area contributed by atoms with E-state index < -0.39 is 16.2 Å². The normalized spacial score (nSPS) is 10.7. The summed E-state index contributed by atoms with van der Waals surface area (Å²) < 4.78 is 10.4. The van der Waals surface area contributed by atoms with Crippen molar-refractivity contribution in [3.63, 3.8) is 0 Å². The third-order valence-electron chi connectivity index (χ3n) is 6.80. The fraction of sp³-hybridized carbons (Fsp3) is 0. The standard InChI is InChI=1S/C21H13NO3.C14H8N2O4/c23-19(14-6-2-1-3-7-14)15-10-12-16(13-11-15)20-22-18-9-5-4-8-17(18)21(24)25-20;17-14-11-6-1-2-7-12(11)15-13(20-14)9-4-3-5-10(8-9)16(18)19/h1-13H;1-8H. The van der Waals surface area contributed by atoms with Gasteiger partial charge in [0.2, 0.25) is 11.8 Å². The maximum atomic E-state index is 12.4. The molecule has 0 fully saturated rings. The average molecular weight is 596 g/mol. The lowest BCUT2D eigenvalue weighted by atomic mass is 10.0. The average Bonchev–Trinajstić information content (AvgIpc) is 3.09. The number of hydrogen-bond donors (Lipinski definition) is 0. The minimum Gasteiger partial charge on any atom is -0.403 e. The van der Waals surface area contributed by atoms with Crippen molar-refractivity contribution in [3.8, 4) is 22.9 Å². The lowest BCUT2D eigenvalue weighted by Gasteiger charge is -2.04. The number of rotatable bonds is 5. The molecular weight excluding hydrogens is 574 g/mol. The molecule has 0 N–H and O–H groups in total. The van der Waals surface area contributed by atoms with Gasteiger partial charge in [0.05, 0.1) is 26.7 Å². The minimum absolute atomic E-state index is 0.0555. The van der Waals surface area contributed by atoms with E-state index in [4.69, 9.17) is 8.83 Å².